The molecule has 0 bridgehead atoms. The fourth-order valence-electron chi connectivity index (χ4n) is 2.98. The van der Waals surface area contributed by atoms with Crippen molar-refractivity contribution in [3.05, 3.63) is 29.7 Å². The summed E-state index contributed by atoms with van der Waals surface area (Å²) in [6, 6.07) is 2.00. The van der Waals surface area contributed by atoms with E-state index in [0.717, 1.165) is 50.6 Å². The van der Waals surface area contributed by atoms with E-state index >= 15 is 0 Å². The molecule has 0 spiro atoms. The van der Waals surface area contributed by atoms with E-state index in [0.29, 0.717) is 0 Å². The van der Waals surface area contributed by atoms with Gasteiger partial charge in [0.2, 0.25) is 5.91 Å². The zero-order valence-corrected chi connectivity index (χ0v) is 12.4. The van der Waals surface area contributed by atoms with Crippen LogP contribution in [0.2, 0.25) is 0 Å². The lowest BCUT2D eigenvalue weighted by atomic mass is 10.1. The molecule has 1 aliphatic heterocycles. The van der Waals surface area contributed by atoms with Crippen LogP contribution in [-0.4, -0.2) is 53.1 Å². The van der Waals surface area contributed by atoms with Gasteiger partial charge in [0.1, 0.15) is 0 Å². The Morgan fingerprint density at radius 3 is 2.71 bits per heavy atom. The summed E-state index contributed by atoms with van der Waals surface area (Å²) < 4.78 is 5.24. The quantitative estimate of drug-likeness (QED) is 0.822. The fraction of sp³-hybridized carbons (Fsp3) is 0.600. The molecule has 6 heteroatoms. The lowest BCUT2D eigenvalue weighted by molar-refractivity contribution is -0.135. The Bertz CT molecular complexity index is 532. The number of hydrogen-bond donors (Lipinski definition) is 1. The van der Waals surface area contributed by atoms with Gasteiger partial charge in [0.25, 0.3) is 0 Å². The fourth-order valence-corrected chi connectivity index (χ4v) is 2.98. The smallest absolute Gasteiger partial charge is 0.229 e. The van der Waals surface area contributed by atoms with Crippen molar-refractivity contribution in [2.75, 3.05) is 26.2 Å². The van der Waals surface area contributed by atoms with Crippen molar-refractivity contribution in [2.24, 2.45) is 11.7 Å². The molecule has 1 aliphatic carbocycles. The number of aryl methyl sites for hydroxylation is 1. The van der Waals surface area contributed by atoms with Gasteiger partial charge in [0.15, 0.2) is 5.76 Å². The second kappa shape index (κ2) is 5.99. The number of nitrogens with two attached hydrogens (primary N) is 1. The lowest BCUT2D eigenvalue weighted by Crippen LogP contribution is -2.49. The van der Waals surface area contributed by atoms with Crippen LogP contribution in [0.5, 0.6) is 0 Å². The number of hydrogen-bond acceptors (Lipinski definition) is 5. The molecule has 1 aromatic rings. The summed E-state index contributed by atoms with van der Waals surface area (Å²) >= 11 is 0. The molecule has 0 radical (unpaired) electrons. The third-order valence-electron chi connectivity index (χ3n) is 4.17. The van der Waals surface area contributed by atoms with Gasteiger partial charge in [-0.05, 0) is 13.3 Å². The van der Waals surface area contributed by atoms with Crippen molar-refractivity contribution in [1.29, 1.82) is 0 Å². The first-order valence-corrected chi connectivity index (χ1v) is 7.49. The van der Waals surface area contributed by atoms with Crippen molar-refractivity contribution < 1.29 is 9.32 Å². The van der Waals surface area contributed by atoms with Gasteiger partial charge in [0, 0.05) is 38.3 Å². The Balaban J connectivity index is 1.48. The summed E-state index contributed by atoms with van der Waals surface area (Å²) in [5.41, 5.74) is 6.73. The van der Waals surface area contributed by atoms with Crippen LogP contribution >= 0.6 is 0 Å². The van der Waals surface area contributed by atoms with E-state index in [9.17, 15) is 4.79 Å². The largest absolute Gasteiger partial charge is 0.360 e. The molecule has 2 N–H and O–H groups in total. The predicted octanol–water partition coefficient (Wildman–Crippen LogP) is 0.531. The average Bonchev–Trinajstić information content (AvgIpc) is 3.08. The van der Waals surface area contributed by atoms with E-state index < -0.39 is 0 Å². The van der Waals surface area contributed by atoms with Gasteiger partial charge in [-0.1, -0.05) is 17.3 Å². The average molecular weight is 290 g/mol. The van der Waals surface area contributed by atoms with Gasteiger partial charge in [-0.15, -0.1) is 0 Å². The number of carbonyl (C=O) groups is 1. The predicted molar refractivity (Wildman–Crippen MR) is 78.3 cm³/mol. The van der Waals surface area contributed by atoms with Crippen molar-refractivity contribution in [2.45, 2.75) is 25.9 Å². The van der Waals surface area contributed by atoms with E-state index in [1.165, 1.54) is 0 Å². The maximum Gasteiger partial charge on any atom is 0.229 e. The lowest BCUT2D eigenvalue weighted by Gasteiger charge is -2.35. The molecule has 6 nitrogen and oxygen atoms in total. The summed E-state index contributed by atoms with van der Waals surface area (Å²) in [4.78, 5) is 16.6. The molecule has 1 fully saturated rings. The minimum atomic E-state index is -0.0246. The second-order valence-electron chi connectivity index (χ2n) is 5.93. The summed E-state index contributed by atoms with van der Waals surface area (Å²) in [6.45, 7) is 5.96. The zero-order valence-electron chi connectivity index (χ0n) is 12.4. The first kappa shape index (κ1) is 14.3. The number of nitrogens with zero attached hydrogens (tertiary/aromatic N) is 3. The number of carbonyl (C=O) groups excluding carboxylic acids is 1. The summed E-state index contributed by atoms with van der Waals surface area (Å²) in [5, 5.41) is 3.90. The Kier molecular flexibility index (Phi) is 4.07. The van der Waals surface area contributed by atoms with Crippen molar-refractivity contribution in [3.8, 4) is 0 Å². The van der Waals surface area contributed by atoms with Gasteiger partial charge < -0.3 is 15.2 Å². The SMILES string of the molecule is Cc1cc(CN2CCN(C(=O)C3C=CC(N)C3)CC2)on1. The van der Waals surface area contributed by atoms with Crippen LogP contribution in [0.3, 0.4) is 0 Å². The van der Waals surface area contributed by atoms with Gasteiger partial charge in [-0.2, -0.15) is 0 Å². The summed E-state index contributed by atoms with van der Waals surface area (Å²) in [6.07, 6.45) is 4.64. The number of piperazine rings is 1. The zero-order chi connectivity index (χ0) is 14.8. The summed E-state index contributed by atoms with van der Waals surface area (Å²) in [7, 11) is 0. The van der Waals surface area contributed by atoms with Crippen LogP contribution in [0.15, 0.2) is 22.7 Å². The number of aromatic nitrogens is 1. The highest BCUT2D eigenvalue weighted by atomic mass is 16.5. The van der Waals surface area contributed by atoms with Gasteiger partial charge in [-0.3, -0.25) is 9.69 Å². The molecular formula is C15H22N4O2. The van der Waals surface area contributed by atoms with Crippen LogP contribution in [0, 0.1) is 12.8 Å². The molecule has 1 aromatic heterocycles. The maximum atomic E-state index is 12.4. The van der Waals surface area contributed by atoms with Gasteiger partial charge >= 0.3 is 0 Å². The molecule has 2 atom stereocenters. The Morgan fingerprint density at radius 2 is 2.14 bits per heavy atom. The number of rotatable bonds is 3. The van der Waals surface area contributed by atoms with Crippen molar-refractivity contribution in [1.82, 2.24) is 15.0 Å². The molecule has 3 rings (SSSR count). The van der Waals surface area contributed by atoms with Crippen LogP contribution in [-0.2, 0) is 11.3 Å². The van der Waals surface area contributed by atoms with Crippen LogP contribution < -0.4 is 5.73 Å². The first-order valence-electron chi connectivity index (χ1n) is 7.49. The standard InChI is InChI=1S/C15H22N4O2/c1-11-8-14(21-17-11)10-18-4-6-19(7-5-18)15(20)12-2-3-13(16)9-12/h2-3,8,12-13H,4-7,9-10,16H2,1H3. The van der Waals surface area contributed by atoms with Gasteiger partial charge in [-0.25, -0.2) is 0 Å². The van der Waals surface area contributed by atoms with E-state index in [-0.39, 0.29) is 17.9 Å². The topological polar surface area (TPSA) is 75.6 Å². The third kappa shape index (κ3) is 3.33. The highest BCUT2D eigenvalue weighted by Gasteiger charge is 2.29. The molecule has 0 saturated carbocycles. The molecule has 21 heavy (non-hydrogen) atoms. The molecular weight excluding hydrogens is 268 g/mol. The highest BCUT2D eigenvalue weighted by Crippen LogP contribution is 2.20. The highest BCUT2D eigenvalue weighted by molar-refractivity contribution is 5.81. The number of amides is 1. The normalized spacial score (nSPS) is 26.5. The van der Waals surface area contributed by atoms with E-state index in [1.54, 1.807) is 0 Å². The van der Waals surface area contributed by atoms with E-state index in [2.05, 4.69) is 10.1 Å². The summed E-state index contributed by atoms with van der Waals surface area (Å²) in [5.74, 6) is 1.08. The second-order valence-corrected chi connectivity index (χ2v) is 5.93. The Morgan fingerprint density at radius 1 is 1.38 bits per heavy atom. The molecule has 1 amide bonds. The van der Waals surface area contributed by atoms with Crippen molar-refractivity contribution >= 4 is 5.91 Å². The maximum absolute atomic E-state index is 12.4. The Hall–Kier alpha value is -1.66. The monoisotopic (exact) mass is 290 g/mol. The van der Waals surface area contributed by atoms with Gasteiger partial charge in [0.05, 0.1) is 18.2 Å². The van der Waals surface area contributed by atoms with Crippen LogP contribution in [0.1, 0.15) is 17.9 Å². The molecule has 2 heterocycles. The minimum absolute atomic E-state index is 0.0246. The van der Waals surface area contributed by atoms with E-state index in [4.69, 9.17) is 10.3 Å². The molecule has 2 aliphatic rings. The third-order valence-corrected chi connectivity index (χ3v) is 4.17. The minimum Gasteiger partial charge on any atom is -0.360 e. The molecule has 0 aromatic carbocycles. The Labute approximate surface area is 124 Å². The van der Waals surface area contributed by atoms with Crippen LogP contribution in [0.4, 0.5) is 0 Å². The molecule has 2 unspecified atom stereocenters. The van der Waals surface area contributed by atoms with E-state index in [1.807, 2.05) is 30.0 Å². The molecule has 114 valence electrons. The van der Waals surface area contributed by atoms with Crippen molar-refractivity contribution in [3.63, 3.8) is 0 Å². The van der Waals surface area contributed by atoms with Crippen LogP contribution in [0.25, 0.3) is 0 Å². The molecule has 1 saturated heterocycles. The first-order chi connectivity index (χ1) is 10.1.